The summed E-state index contributed by atoms with van der Waals surface area (Å²) in [6.07, 6.45) is -1.35. The van der Waals surface area contributed by atoms with Gasteiger partial charge in [0.2, 0.25) is 15.8 Å². The van der Waals surface area contributed by atoms with Gasteiger partial charge in [0.05, 0.1) is 27.0 Å². The monoisotopic (exact) mass is 411 g/mol. The predicted octanol–water partition coefficient (Wildman–Crippen LogP) is 1.52. The highest BCUT2D eigenvalue weighted by Gasteiger charge is 2.33. The number of benzene rings is 2. The Morgan fingerprint density at radius 1 is 1.07 bits per heavy atom. The highest BCUT2D eigenvalue weighted by Crippen LogP contribution is 2.40. The molecule has 1 aliphatic heterocycles. The van der Waals surface area contributed by atoms with Crippen LogP contribution in [0.3, 0.4) is 0 Å². The van der Waals surface area contributed by atoms with Crippen LogP contribution < -0.4 is 29.6 Å². The highest BCUT2D eigenvalue weighted by atomic mass is 32.2. The quantitative estimate of drug-likeness (QED) is 0.683. The molecule has 2 aromatic carbocycles. The third kappa shape index (κ3) is 3.66. The summed E-state index contributed by atoms with van der Waals surface area (Å²) in [5, 5.41) is 5.22. The van der Waals surface area contributed by atoms with Gasteiger partial charge in [-0.1, -0.05) is 0 Å². The van der Waals surface area contributed by atoms with Gasteiger partial charge in [-0.25, -0.2) is 12.8 Å². The average Bonchev–Trinajstić information content (AvgIpc) is 2.65. The summed E-state index contributed by atoms with van der Waals surface area (Å²) >= 11 is 0. The maximum absolute atomic E-state index is 13.5. The van der Waals surface area contributed by atoms with Gasteiger partial charge in [0.25, 0.3) is 5.91 Å². The molecule has 1 aliphatic rings. The average molecular weight is 411 g/mol. The number of ether oxygens (including phenoxy) is 3. The first kappa shape index (κ1) is 19.7. The standard InChI is InChI=1S/C17H18FN3O6S/c1-25-12-7-10(8-13(26-2)15(12)27-3)19-17(22)16-20-11-6-9(18)4-5-14(11)28(23,24)21-16/h4-8,16,20-21H,1-3H3,(H,19,22)/t16-/m0/s1. The summed E-state index contributed by atoms with van der Waals surface area (Å²) in [5.41, 5.74) is 0.273. The molecule has 2 aromatic rings. The smallest absolute Gasteiger partial charge is 0.262 e. The molecule has 0 fully saturated rings. The zero-order valence-corrected chi connectivity index (χ0v) is 16.0. The van der Waals surface area contributed by atoms with E-state index in [1.807, 2.05) is 0 Å². The Balaban J connectivity index is 1.88. The van der Waals surface area contributed by atoms with Crippen molar-refractivity contribution in [3.05, 3.63) is 36.1 Å². The van der Waals surface area contributed by atoms with Gasteiger partial charge in [0.15, 0.2) is 17.7 Å². The molecule has 150 valence electrons. The van der Waals surface area contributed by atoms with Crippen molar-refractivity contribution in [1.82, 2.24) is 4.72 Å². The summed E-state index contributed by atoms with van der Waals surface area (Å²) in [5.74, 6) is -0.396. The van der Waals surface area contributed by atoms with Crippen LogP contribution in [-0.4, -0.2) is 41.8 Å². The molecule has 11 heteroatoms. The summed E-state index contributed by atoms with van der Waals surface area (Å²) in [6, 6.07) is 6.13. The molecule has 9 nitrogen and oxygen atoms in total. The number of hydrogen-bond acceptors (Lipinski definition) is 7. The van der Waals surface area contributed by atoms with Crippen molar-refractivity contribution in [2.45, 2.75) is 11.1 Å². The van der Waals surface area contributed by atoms with Crippen molar-refractivity contribution < 1.29 is 31.8 Å². The maximum atomic E-state index is 13.5. The Kier molecular flexibility index (Phi) is 5.29. The molecule has 0 aromatic heterocycles. The number of rotatable bonds is 5. The number of nitrogens with one attached hydrogen (secondary N) is 3. The van der Waals surface area contributed by atoms with Crippen LogP contribution >= 0.6 is 0 Å². The lowest BCUT2D eigenvalue weighted by Crippen LogP contribution is -2.51. The summed E-state index contributed by atoms with van der Waals surface area (Å²) in [6.45, 7) is 0. The normalized spacial score (nSPS) is 17.1. The Morgan fingerprint density at radius 2 is 1.71 bits per heavy atom. The first-order valence-corrected chi connectivity index (χ1v) is 9.46. The van der Waals surface area contributed by atoms with Crippen LogP contribution in [0.15, 0.2) is 35.2 Å². The zero-order chi connectivity index (χ0) is 20.5. The minimum atomic E-state index is -3.99. The van der Waals surface area contributed by atoms with Crippen molar-refractivity contribution in [2.24, 2.45) is 0 Å². The zero-order valence-electron chi connectivity index (χ0n) is 15.2. The van der Waals surface area contributed by atoms with Crippen molar-refractivity contribution in [3.8, 4) is 17.2 Å². The number of halogens is 1. The van der Waals surface area contributed by atoms with E-state index in [0.717, 1.165) is 18.2 Å². The van der Waals surface area contributed by atoms with E-state index in [4.69, 9.17) is 14.2 Å². The summed E-state index contributed by atoms with van der Waals surface area (Å²) < 4.78 is 56.0. The molecule has 0 radical (unpaired) electrons. The van der Waals surface area contributed by atoms with Gasteiger partial charge < -0.3 is 24.8 Å². The molecular weight excluding hydrogens is 393 g/mol. The second kappa shape index (κ2) is 7.52. The second-order valence-electron chi connectivity index (χ2n) is 5.74. The van der Waals surface area contributed by atoms with E-state index in [0.29, 0.717) is 17.2 Å². The molecule has 0 spiro atoms. The Bertz CT molecular complexity index is 1000. The highest BCUT2D eigenvalue weighted by molar-refractivity contribution is 7.89. The molecule has 0 saturated carbocycles. The molecule has 1 heterocycles. The van der Waals surface area contributed by atoms with Crippen LogP contribution in [0.2, 0.25) is 0 Å². The summed E-state index contributed by atoms with van der Waals surface area (Å²) in [4.78, 5) is 12.4. The lowest BCUT2D eigenvalue weighted by atomic mass is 10.2. The van der Waals surface area contributed by atoms with Crippen LogP contribution in [0.25, 0.3) is 0 Å². The molecule has 3 rings (SSSR count). The number of sulfonamides is 1. The Hall–Kier alpha value is -3.05. The van der Waals surface area contributed by atoms with Crippen molar-refractivity contribution >= 4 is 27.3 Å². The molecule has 28 heavy (non-hydrogen) atoms. The molecule has 0 unspecified atom stereocenters. The van der Waals surface area contributed by atoms with Crippen molar-refractivity contribution in [2.75, 3.05) is 32.0 Å². The fourth-order valence-corrected chi connectivity index (χ4v) is 4.00. The minimum Gasteiger partial charge on any atom is -0.493 e. The SMILES string of the molecule is COc1cc(NC(=O)[C@H]2Nc3cc(F)ccc3S(=O)(=O)N2)cc(OC)c1OC. The molecule has 0 aliphatic carbocycles. The predicted molar refractivity (Wildman–Crippen MR) is 98.9 cm³/mol. The van der Waals surface area contributed by atoms with Crippen LogP contribution in [-0.2, 0) is 14.8 Å². The van der Waals surface area contributed by atoms with Crippen LogP contribution in [0.5, 0.6) is 17.2 Å². The molecule has 3 N–H and O–H groups in total. The minimum absolute atomic E-state index is 0.0104. The van der Waals surface area contributed by atoms with E-state index >= 15 is 0 Å². The van der Waals surface area contributed by atoms with E-state index in [9.17, 15) is 17.6 Å². The van der Waals surface area contributed by atoms with Crippen molar-refractivity contribution in [3.63, 3.8) is 0 Å². The molecule has 0 saturated heterocycles. The molecule has 0 bridgehead atoms. The van der Waals surface area contributed by atoms with E-state index in [1.165, 1.54) is 33.5 Å². The van der Waals surface area contributed by atoms with E-state index in [2.05, 4.69) is 15.4 Å². The number of hydrogen-bond donors (Lipinski definition) is 3. The number of carbonyl (C=O) groups is 1. The Morgan fingerprint density at radius 3 is 2.29 bits per heavy atom. The molecule has 1 atom stereocenters. The number of methoxy groups -OCH3 is 3. The fourth-order valence-electron chi connectivity index (χ4n) is 2.74. The molecule has 1 amide bonds. The Labute approximate surface area is 160 Å². The van der Waals surface area contributed by atoms with E-state index in [-0.39, 0.29) is 16.3 Å². The lowest BCUT2D eigenvalue weighted by molar-refractivity contribution is -0.117. The molecular formula is C17H18FN3O6S. The lowest BCUT2D eigenvalue weighted by Gasteiger charge is -2.27. The van der Waals surface area contributed by atoms with E-state index in [1.54, 1.807) is 0 Å². The fraction of sp³-hybridized carbons (Fsp3) is 0.235. The number of amides is 1. The van der Waals surface area contributed by atoms with Gasteiger partial charge >= 0.3 is 0 Å². The first-order valence-electron chi connectivity index (χ1n) is 7.98. The van der Waals surface area contributed by atoms with Gasteiger partial charge in [-0.05, 0) is 18.2 Å². The third-order valence-electron chi connectivity index (χ3n) is 4.00. The van der Waals surface area contributed by atoms with Gasteiger partial charge in [0, 0.05) is 17.8 Å². The number of fused-ring (bicyclic) bond motifs is 1. The summed E-state index contributed by atoms with van der Waals surface area (Å²) in [7, 11) is 0.293. The van der Waals surface area contributed by atoms with Gasteiger partial charge in [-0.2, -0.15) is 4.72 Å². The first-order chi connectivity index (χ1) is 13.3. The second-order valence-corrected chi connectivity index (χ2v) is 7.42. The number of anilines is 2. The van der Waals surface area contributed by atoms with Crippen LogP contribution in [0.1, 0.15) is 0 Å². The number of carbonyl (C=O) groups excluding carboxylic acids is 1. The van der Waals surface area contributed by atoms with Gasteiger partial charge in [-0.15, -0.1) is 0 Å². The largest absolute Gasteiger partial charge is 0.493 e. The topological polar surface area (TPSA) is 115 Å². The third-order valence-corrected chi connectivity index (χ3v) is 5.48. The van der Waals surface area contributed by atoms with E-state index < -0.39 is 27.9 Å². The van der Waals surface area contributed by atoms with Crippen LogP contribution in [0.4, 0.5) is 15.8 Å². The van der Waals surface area contributed by atoms with Crippen molar-refractivity contribution in [1.29, 1.82) is 0 Å². The van der Waals surface area contributed by atoms with Crippen LogP contribution in [0, 0.1) is 5.82 Å². The van der Waals surface area contributed by atoms with Gasteiger partial charge in [0.1, 0.15) is 10.7 Å². The van der Waals surface area contributed by atoms with Gasteiger partial charge in [-0.3, -0.25) is 4.79 Å². The maximum Gasteiger partial charge on any atom is 0.262 e.